The van der Waals surface area contributed by atoms with E-state index in [-0.39, 0.29) is 5.91 Å². The number of likely N-dealkylation sites (tertiary alicyclic amines) is 2. The number of aliphatic imine (C=N–C) groups is 1. The highest BCUT2D eigenvalue weighted by molar-refractivity contribution is 5.81. The number of nitrogens with one attached hydrogen (secondary N) is 2. The molecule has 0 aromatic heterocycles. The highest BCUT2D eigenvalue weighted by atomic mass is 16.2. The number of amides is 1. The van der Waals surface area contributed by atoms with Crippen LogP contribution in [-0.2, 0) is 4.79 Å². The van der Waals surface area contributed by atoms with Gasteiger partial charge in [0.15, 0.2) is 5.96 Å². The zero-order chi connectivity index (χ0) is 17.7. The van der Waals surface area contributed by atoms with E-state index in [1.807, 2.05) is 4.90 Å². The molecule has 144 valence electrons. The molecule has 2 aliphatic heterocycles. The molecule has 2 rings (SSSR count). The van der Waals surface area contributed by atoms with Crippen molar-refractivity contribution in [3.63, 3.8) is 0 Å². The Morgan fingerprint density at radius 2 is 1.64 bits per heavy atom. The van der Waals surface area contributed by atoms with Gasteiger partial charge in [0.2, 0.25) is 5.91 Å². The van der Waals surface area contributed by atoms with Crippen LogP contribution >= 0.6 is 0 Å². The van der Waals surface area contributed by atoms with Crippen molar-refractivity contribution in [2.45, 2.75) is 58.3 Å². The summed E-state index contributed by atoms with van der Waals surface area (Å²) in [6.45, 7) is 9.94. The number of rotatable bonds is 8. The number of carbonyl (C=O) groups is 1. The molecular weight excluding hydrogens is 314 g/mol. The molecule has 0 radical (unpaired) electrons. The highest BCUT2D eigenvalue weighted by Crippen LogP contribution is 2.10. The standard InChI is InChI=1S/C19H37N5O/c1-2-20-19(22-12-10-18(25)24-16-7-8-17-24)21-11-9-15-23-13-5-3-4-6-14-23/h2-17H2,1H3,(H2,20,21,22). The quantitative estimate of drug-likeness (QED) is 0.398. The van der Waals surface area contributed by atoms with Crippen molar-refractivity contribution in [2.75, 3.05) is 52.4 Å². The van der Waals surface area contributed by atoms with Gasteiger partial charge < -0.3 is 20.4 Å². The van der Waals surface area contributed by atoms with Gasteiger partial charge in [0.05, 0.1) is 0 Å². The smallest absolute Gasteiger partial charge is 0.224 e. The van der Waals surface area contributed by atoms with Crippen LogP contribution < -0.4 is 10.6 Å². The summed E-state index contributed by atoms with van der Waals surface area (Å²) in [7, 11) is 0. The third kappa shape index (κ3) is 8.08. The van der Waals surface area contributed by atoms with E-state index in [9.17, 15) is 4.79 Å². The van der Waals surface area contributed by atoms with E-state index in [2.05, 4.69) is 27.4 Å². The Morgan fingerprint density at radius 3 is 2.32 bits per heavy atom. The highest BCUT2D eigenvalue weighted by Gasteiger charge is 2.17. The monoisotopic (exact) mass is 351 g/mol. The van der Waals surface area contributed by atoms with Gasteiger partial charge in [-0.3, -0.25) is 9.79 Å². The normalized spacial score (nSPS) is 19.7. The summed E-state index contributed by atoms with van der Waals surface area (Å²) < 4.78 is 0. The van der Waals surface area contributed by atoms with Crippen molar-refractivity contribution >= 4 is 11.9 Å². The molecule has 1 amide bonds. The molecule has 6 heteroatoms. The Hall–Kier alpha value is -1.30. The topological polar surface area (TPSA) is 60.0 Å². The van der Waals surface area contributed by atoms with E-state index in [1.165, 1.54) is 38.8 Å². The predicted molar refractivity (Wildman–Crippen MR) is 104 cm³/mol. The molecule has 25 heavy (non-hydrogen) atoms. The fourth-order valence-electron chi connectivity index (χ4n) is 3.60. The van der Waals surface area contributed by atoms with Crippen molar-refractivity contribution in [2.24, 2.45) is 4.99 Å². The van der Waals surface area contributed by atoms with E-state index >= 15 is 0 Å². The first-order valence-corrected chi connectivity index (χ1v) is 10.3. The summed E-state index contributed by atoms with van der Waals surface area (Å²) in [5.74, 6) is 1.11. The largest absolute Gasteiger partial charge is 0.357 e. The molecule has 0 unspecified atom stereocenters. The Balaban J connectivity index is 1.62. The van der Waals surface area contributed by atoms with Crippen LogP contribution in [0, 0.1) is 0 Å². The van der Waals surface area contributed by atoms with Crippen LogP contribution in [0.2, 0.25) is 0 Å². The number of hydrogen-bond acceptors (Lipinski definition) is 3. The third-order valence-electron chi connectivity index (χ3n) is 5.04. The van der Waals surface area contributed by atoms with Crippen molar-refractivity contribution in [3.05, 3.63) is 0 Å². The number of nitrogens with zero attached hydrogens (tertiary/aromatic N) is 3. The zero-order valence-corrected chi connectivity index (χ0v) is 16.1. The molecule has 0 saturated carbocycles. The molecule has 2 saturated heterocycles. The fraction of sp³-hybridized carbons (Fsp3) is 0.895. The van der Waals surface area contributed by atoms with Crippen molar-refractivity contribution in [3.8, 4) is 0 Å². The van der Waals surface area contributed by atoms with Gasteiger partial charge in [0.25, 0.3) is 0 Å². The maximum absolute atomic E-state index is 12.1. The second-order valence-corrected chi connectivity index (χ2v) is 7.13. The van der Waals surface area contributed by atoms with Gasteiger partial charge in [-0.05, 0) is 58.7 Å². The molecule has 0 spiro atoms. The molecule has 0 aromatic rings. The van der Waals surface area contributed by atoms with Crippen LogP contribution in [0.15, 0.2) is 4.99 Å². The first-order valence-electron chi connectivity index (χ1n) is 10.3. The van der Waals surface area contributed by atoms with Crippen molar-refractivity contribution < 1.29 is 4.79 Å². The minimum atomic E-state index is 0.266. The number of hydrogen-bond donors (Lipinski definition) is 2. The Morgan fingerprint density at radius 1 is 0.960 bits per heavy atom. The second kappa shape index (κ2) is 12.1. The SMILES string of the molecule is CCNC(=NCCCN1CCCCCC1)NCCC(=O)N1CCCC1. The molecular formula is C19H37N5O. The van der Waals surface area contributed by atoms with Gasteiger partial charge in [0.1, 0.15) is 0 Å². The van der Waals surface area contributed by atoms with Crippen LogP contribution in [0.5, 0.6) is 0 Å². The number of guanidine groups is 1. The van der Waals surface area contributed by atoms with Crippen molar-refractivity contribution in [1.82, 2.24) is 20.4 Å². The van der Waals surface area contributed by atoms with E-state index in [0.717, 1.165) is 57.9 Å². The molecule has 0 atom stereocenters. The maximum Gasteiger partial charge on any atom is 0.224 e. The zero-order valence-electron chi connectivity index (χ0n) is 16.1. The molecule has 2 aliphatic rings. The Kier molecular flexibility index (Phi) is 9.70. The first-order chi connectivity index (χ1) is 12.3. The lowest BCUT2D eigenvalue weighted by atomic mass is 10.2. The second-order valence-electron chi connectivity index (χ2n) is 7.13. The Bertz CT molecular complexity index is 399. The predicted octanol–water partition coefficient (Wildman–Crippen LogP) is 1.82. The maximum atomic E-state index is 12.1. The summed E-state index contributed by atoms with van der Waals surface area (Å²) in [5.41, 5.74) is 0. The molecule has 0 aliphatic carbocycles. The summed E-state index contributed by atoms with van der Waals surface area (Å²) in [4.78, 5) is 21.3. The minimum Gasteiger partial charge on any atom is -0.357 e. The molecule has 6 nitrogen and oxygen atoms in total. The van der Waals surface area contributed by atoms with Crippen molar-refractivity contribution in [1.29, 1.82) is 0 Å². The van der Waals surface area contributed by atoms with Gasteiger partial charge in [-0.15, -0.1) is 0 Å². The summed E-state index contributed by atoms with van der Waals surface area (Å²) >= 11 is 0. The van der Waals surface area contributed by atoms with E-state index in [1.54, 1.807) is 0 Å². The minimum absolute atomic E-state index is 0.266. The van der Waals surface area contributed by atoms with Gasteiger partial charge in [-0.1, -0.05) is 12.8 Å². The van der Waals surface area contributed by atoms with Crippen LogP contribution in [0.3, 0.4) is 0 Å². The lowest BCUT2D eigenvalue weighted by molar-refractivity contribution is -0.129. The Labute approximate surface area is 153 Å². The van der Waals surface area contributed by atoms with Crippen LogP contribution in [0.4, 0.5) is 0 Å². The summed E-state index contributed by atoms with van der Waals surface area (Å²) in [6, 6.07) is 0. The van der Waals surface area contributed by atoms with Gasteiger partial charge in [0, 0.05) is 39.1 Å². The van der Waals surface area contributed by atoms with Crippen LogP contribution in [-0.4, -0.2) is 74.0 Å². The van der Waals surface area contributed by atoms with E-state index < -0.39 is 0 Å². The fourth-order valence-corrected chi connectivity index (χ4v) is 3.60. The molecule has 0 aromatic carbocycles. The average molecular weight is 352 g/mol. The summed E-state index contributed by atoms with van der Waals surface area (Å²) in [5, 5.41) is 6.58. The first kappa shape index (κ1) is 20.0. The molecule has 2 N–H and O–H groups in total. The molecule has 2 fully saturated rings. The van der Waals surface area contributed by atoms with E-state index in [0.29, 0.717) is 13.0 Å². The van der Waals surface area contributed by atoms with Gasteiger partial charge in [-0.2, -0.15) is 0 Å². The van der Waals surface area contributed by atoms with Gasteiger partial charge in [-0.25, -0.2) is 0 Å². The van der Waals surface area contributed by atoms with E-state index in [4.69, 9.17) is 0 Å². The third-order valence-corrected chi connectivity index (χ3v) is 5.04. The number of carbonyl (C=O) groups excluding carboxylic acids is 1. The lowest BCUT2D eigenvalue weighted by Crippen LogP contribution is -2.40. The molecule has 2 heterocycles. The van der Waals surface area contributed by atoms with Crippen LogP contribution in [0.25, 0.3) is 0 Å². The molecule has 0 bridgehead atoms. The van der Waals surface area contributed by atoms with Gasteiger partial charge >= 0.3 is 0 Å². The van der Waals surface area contributed by atoms with Crippen LogP contribution in [0.1, 0.15) is 58.3 Å². The average Bonchev–Trinajstić information content (AvgIpc) is 3.03. The lowest BCUT2D eigenvalue weighted by Gasteiger charge is -2.19. The summed E-state index contributed by atoms with van der Waals surface area (Å²) in [6.07, 6.45) is 9.43.